The number of aromatic nitrogens is 1. The maximum atomic E-state index is 5.97. The summed E-state index contributed by atoms with van der Waals surface area (Å²) in [6.45, 7) is 5.20. The molecule has 1 aromatic carbocycles. The summed E-state index contributed by atoms with van der Waals surface area (Å²) in [6.07, 6.45) is 4.39. The number of fused-ring (bicyclic) bond motifs is 1. The zero-order chi connectivity index (χ0) is 13.8. The second-order valence-corrected chi connectivity index (χ2v) is 5.50. The van der Waals surface area contributed by atoms with Gasteiger partial charge in [0.05, 0.1) is 11.6 Å². The average molecular weight is 270 g/mol. The summed E-state index contributed by atoms with van der Waals surface area (Å²) in [4.78, 5) is 4.38. The van der Waals surface area contributed by atoms with Gasteiger partial charge in [0, 0.05) is 30.7 Å². The van der Waals surface area contributed by atoms with Crippen molar-refractivity contribution >= 4 is 10.9 Å². The molecule has 2 unspecified atom stereocenters. The van der Waals surface area contributed by atoms with Crippen LogP contribution in [-0.4, -0.2) is 24.7 Å². The number of pyridine rings is 1. The van der Waals surface area contributed by atoms with E-state index in [1.54, 1.807) is 0 Å². The molecule has 2 aromatic rings. The van der Waals surface area contributed by atoms with Crippen LogP contribution in [0.2, 0.25) is 0 Å². The Labute approximate surface area is 120 Å². The summed E-state index contributed by atoms with van der Waals surface area (Å²) < 4.78 is 5.97. The predicted octanol–water partition coefficient (Wildman–Crippen LogP) is 3.31. The molecule has 106 valence electrons. The zero-order valence-corrected chi connectivity index (χ0v) is 12.0. The van der Waals surface area contributed by atoms with E-state index in [2.05, 4.69) is 41.5 Å². The van der Waals surface area contributed by atoms with Crippen LogP contribution >= 0.6 is 0 Å². The monoisotopic (exact) mass is 270 g/mol. The van der Waals surface area contributed by atoms with Gasteiger partial charge < -0.3 is 10.1 Å². The van der Waals surface area contributed by atoms with Gasteiger partial charge in [0.15, 0.2) is 0 Å². The van der Waals surface area contributed by atoms with Gasteiger partial charge in [-0.15, -0.1) is 0 Å². The number of rotatable bonds is 5. The van der Waals surface area contributed by atoms with Crippen LogP contribution in [0, 0.1) is 5.92 Å². The minimum absolute atomic E-state index is 0.226. The summed E-state index contributed by atoms with van der Waals surface area (Å²) >= 11 is 0. The fraction of sp³-hybridized carbons (Fsp3) is 0.471. The molecule has 1 aromatic heterocycles. The maximum absolute atomic E-state index is 5.97. The van der Waals surface area contributed by atoms with Gasteiger partial charge in [-0.05, 0) is 43.1 Å². The van der Waals surface area contributed by atoms with Crippen LogP contribution in [0.3, 0.4) is 0 Å². The van der Waals surface area contributed by atoms with Crippen molar-refractivity contribution in [2.45, 2.75) is 25.9 Å². The van der Waals surface area contributed by atoms with Crippen molar-refractivity contribution in [3.63, 3.8) is 0 Å². The molecule has 0 bridgehead atoms. The highest BCUT2D eigenvalue weighted by atomic mass is 16.5. The van der Waals surface area contributed by atoms with E-state index in [1.807, 2.05) is 12.3 Å². The van der Waals surface area contributed by atoms with E-state index in [0.717, 1.165) is 31.6 Å². The van der Waals surface area contributed by atoms with Gasteiger partial charge in [-0.25, -0.2) is 0 Å². The molecule has 3 heteroatoms. The Kier molecular flexibility index (Phi) is 4.28. The molecule has 0 saturated carbocycles. The van der Waals surface area contributed by atoms with Gasteiger partial charge in [0.1, 0.15) is 0 Å². The molecule has 1 fully saturated rings. The smallest absolute Gasteiger partial charge is 0.0866 e. The van der Waals surface area contributed by atoms with Gasteiger partial charge in [0.2, 0.25) is 0 Å². The molecule has 2 heterocycles. The molecule has 1 aliphatic heterocycles. The van der Waals surface area contributed by atoms with Gasteiger partial charge >= 0.3 is 0 Å². The Morgan fingerprint density at radius 2 is 2.30 bits per heavy atom. The molecule has 1 N–H and O–H groups in total. The molecule has 1 saturated heterocycles. The first-order chi connectivity index (χ1) is 9.88. The largest absolute Gasteiger partial charge is 0.373 e. The molecule has 1 aliphatic rings. The standard InChI is InChI=1S/C17H22N2O/c1-2-8-18-12-15-7-10-20-17(15)14-5-6-16-13(11-14)4-3-9-19-16/h3-6,9,11,15,17-18H,2,7-8,10,12H2,1H3. The number of hydrogen-bond donors (Lipinski definition) is 1. The van der Waals surface area contributed by atoms with Crippen LogP contribution in [0.25, 0.3) is 10.9 Å². The molecule has 3 nitrogen and oxygen atoms in total. The summed E-state index contributed by atoms with van der Waals surface area (Å²) in [5.41, 5.74) is 2.33. The lowest BCUT2D eigenvalue weighted by molar-refractivity contribution is 0.0907. The minimum Gasteiger partial charge on any atom is -0.373 e. The highest BCUT2D eigenvalue weighted by Gasteiger charge is 2.29. The van der Waals surface area contributed by atoms with Crippen LogP contribution in [0.15, 0.2) is 36.5 Å². The first-order valence-corrected chi connectivity index (χ1v) is 7.55. The van der Waals surface area contributed by atoms with Gasteiger partial charge in [0.25, 0.3) is 0 Å². The third-order valence-corrected chi connectivity index (χ3v) is 4.00. The number of nitrogens with one attached hydrogen (secondary N) is 1. The fourth-order valence-corrected chi connectivity index (χ4v) is 2.95. The highest BCUT2D eigenvalue weighted by Crippen LogP contribution is 2.35. The maximum Gasteiger partial charge on any atom is 0.0866 e. The normalized spacial score (nSPS) is 22.4. The second-order valence-electron chi connectivity index (χ2n) is 5.50. The Bertz CT molecular complexity index is 570. The van der Waals surface area contributed by atoms with E-state index in [4.69, 9.17) is 4.74 Å². The van der Waals surface area contributed by atoms with Crippen LogP contribution in [-0.2, 0) is 4.74 Å². The van der Waals surface area contributed by atoms with E-state index in [0.29, 0.717) is 5.92 Å². The van der Waals surface area contributed by atoms with Crippen molar-refractivity contribution in [1.82, 2.24) is 10.3 Å². The van der Waals surface area contributed by atoms with Gasteiger partial charge in [-0.2, -0.15) is 0 Å². The second kappa shape index (κ2) is 6.33. The first kappa shape index (κ1) is 13.5. The lowest BCUT2D eigenvalue weighted by atomic mass is 9.94. The molecule has 2 atom stereocenters. The van der Waals surface area contributed by atoms with E-state index < -0.39 is 0 Å². The molecule has 20 heavy (non-hydrogen) atoms. The topological polar surface area (TPSA) is 34.1 Å². The molecule has 0 aliphatic carbocycles. The number of ether oxygens (including phenoxy) is 1. The third-order valence-electron chi connectivity index (χ3n) is 4.00. The Morgan fingerprint density at radius 3 is 3.20 bits per heavy atom. The van der Waals surface area contributed by atoms with Crippen LogP contribution < -0.4 is 5.32 Å². The number of nitrogens with zero attached hydrogens (tertiary/aromatic N) is 1. The fourth-order valence-electron chi connectivity index (χ4n) is 2.95. The summed E-state index contributed by atoms with van der Waals surface area (Å²) in [5.74, 6) is 0.579. The molecular weight excluding hydrogens is 248 g/mol. The van der Waals surface area contributed by atoms with Crippen LogP contribution in [0.4, 0.5) is 0 Å². The zero-order valence-electron chi connectivity index (χ0n) is 12.0. The summed E-state index contributed by atoms with van der Waals surface area (Å²) in [5, 5.41) is 4.72. The molecule has 3 rings (SSSR count). The third kappa shape index (κ3) is 2.84. The highest BCUT2D eigenvalue weighted by molar-refractivity contribution is 5.79. The lowest BCUT2D eigenvalue weighted by Gasteiger charge is -2.19. The van der Waals surface area contributed by atoms with Gasteiger partial charge in [-0.1, -0.05) is 19.1 Å². The van der Waals surface area contributed by atoms with Crippen molar-refractivity contribution in [2.24, 2.45) is 5.92 Å². The molecule has 0 radical (unpaired) electrons. The van der Waals surface area contributed by atoms with E-state index in [-0.39, 0.29) is 6.10 Å². The SMILES string of the molecule is CCCNCC1CCOC1c1ccc2ncccc2c1. The van der Waals surface area contributed by atoms with Crippen molar-refractivity contribution in [3.05, 3.63) is 42.1 Å². The summed E-state index contributed by atoms with van der Waals surface area (Å²) in [7, 11) is 0. The number of benzene rings is 1. The predicted molar refractivity (Wildman–Crippen MR) is 81.7 cm³/mol. The van der Waals surface area contributed by atoms with E-state index in [9.17, 15) is 0 Å². The van der Waals surface area contributed by atoms with Crippen LogP contribution in [0.5, 0.6) is 0 Å². The van der Waals surface area contributed by atoms with Crippen molar-refractivity contribution in [2.75, 3.05) is 19.7 Å². The van der Waals surface area contributed by atoms with Crippen molar-refractivity contribution < 1.29 is 4.74 Å². The molecule has 0 amide bonds. The minimum atomic E-state index is 0.226. The van der Waals surface area contributed by atoms with Crippen LogP contribution in [0.1, 0.15) is 31.4 Å². The van der Waals surface area contributed by atoms with E-state index in [1.165, 1.54) is 17.4 Å². The molecule has 0 spiro atoms. The lowest BCUT2D eigenvalue weighted by Crippen LogP contribution is -2.25. The Morgan fingerprint density at radius 1 is 1.35 bits per heavy atom. The Hall–Kier alpha value is -1.45. The van der Waals surface area contributed by atoms with Gasteiger partial charge in [-0.3, -0.25) is 4.98 Å². The molecular formula is C17H22N2O. The first-order valence-electron chi connectivity index (χ1n) is 7.55. The van der Waals surface area contributed by atoms with E-state index >= 15 is 0 Å². The van der Waals surface area contributed by atoms with Crippen molar-refractivity contribution in [1.29, 1.82) is 0 Å². The quantitative estimate of drug-likeness (QED) is 0.846. The number of hydrogen-bond acceptors (Lipinski definition) is 3. The Balaban J connectivity index is 1.78. The summed E-state index contributed by atoms with van der Waals surface area (Å²) in [6, 6.07) is 10.6. The van der Waals surface area contributed by atoms with Crippen molar-refractivity contribution in [3.8, 4) is 0 Å². The average Bonchev–Trinajstić information content (AvgIpc) is 2.95.